The standard InChI is InChI=1S/C25H27N3O3/c1-17-5-9-21(10-6-17)28-26-15-20-8-12-23(24(14-20)30-4)31-16-25(29)27-22-11-7-18(2)13-19(22)3/h5-15,28H,16H2,1-4H3,(H,27,29). The van der Waals surface area contributed by atoms with Crippen molar-refractivity contribution in [3.8, 4) is 11.5 Å². The lowest BCUT2D eigenvalue weighted by molar-refractivity contribution is -0.118. The maximum Gasteiger partial charge on any atom is 0.262 e. The summed E-state index contributed by atoms with van der Waals surface area (Å²) < 4.78 is 11.1. The van der Waals surface area contributed by atoms with Crippen LogP contribution in [-0.4, -0.2) is 25.8 Å². The summed E-state index contributed by atoms with van der Waals surface area (Å²) in [5.74, 6) is 0.780. The highest BCUT2D eigenvalue weighted by molar-refractivity contribution is 5.92. The van der Waals surface area contributed by atoms with Crippen LogP contribution in [0.15, 0.2) is 65.8 Å². The highest BCUT2D eigenvalue weighted by Gasteiger charge is 2.10. The van der Waals surface area contributed by atoms with E-state index in [0.29, 0.717) is 11.5 Å². The van der Waals surface area contributed by atoms with Gasteiger partial charge in [-0.25, -0.2) is 0 Å². The molecule has 3 aromatic rings. The molecule has 0 spiro atoms. The molecule has 6 nitrogen and oxygen atoms in total. The Hall–Kier alpha value is -3.80. The van der Waals surface area contributed by atoms with Gasteiger partial charge in [-0.2, -0.15) is 5.10 Å². The Kier molecular flexibility index (Phi) is 7.27. The van der Waals surface area contributed by atoms with E-state index in [2.05, 4.69) is 15.8 Å². The van der Waals surface area contributed by atoms with E-state index in [1.54, 1.807) is 25.5 Å². The molecule has 0 bridgehead atoms. The monoisotopic (exact) mass is 417 g/mol. The first-order chi connectivity index (χ1) is 14.9. The van der Waals surface area contributed by atoms with Crippen LogP contribution in [0.3, 0.4) is 0 Å². The molecule has 31 heavy (non-hydrogen) atoms. The highest BCUT2D eigenvalue weighted by atomic mass is 16.5. The van der Waals surface area contributed by atoms with Crippen molar-refractivity contribution in [1.29, 1.82) is 0 Å². The van der Waals surface area contributed by atoms with Crippen LogP contribution in [-0.2, 0) is 4.79 Å². The fourth-order valence-electron chi connectivity index (χ4n) is 2.98. The molecule has 0 atom stereocenters. The molecule has 0 aliphatic heterocycles. The quantitative estimate of drug-likeness (QED) is 0.396. The van der Waals surface area contributed by atoms with Crippen LogP contribution in [0.4, 0.5) is 11.4 Å². The minimum atomic E-state index is -0.234. The predicted molar refractivity (Wildman–Crippen MR) is 125 cm³/mol. The Balaban J connectivity index is 1.58. The second kappa shape index (κ2) is 10.3. The number of nitrogens with zero attached hydrogens (tertiary/aromatic N) is 1. The van der Waals surface area contributed by atoms with Crippen LogP contribution in [0.1, 0.15) is 22.3 Å². The number of anilines is 2. The first-order valence-corrected chi connectivity index (χ1v) is 9.98. The molecule has 1 amide bonds. The van der Waals surface area contributed by atoms with Crippen LogP contribution in [0.25, 0.3) is 0 Å². The van der Waals surface area contributed by atoms with Crippen molar-refractivity contribution in [2.45, 2.75) is 20.8 Å². The van der Waals surface area contributed by atoms with E-state index in [4.69, 9.17) is 9.47 Å². The highest BCUT2D eigenvalue weighted by Crippen LogP contribution is 2.27. The summed E-state index contributed by atoms with van der Waals surface area (Å²) in [5.41, 5.74) is 8.86. The van der Waals surface area contributed by atoms with Crippen molar-refractivity contribution in [1.82, 2.24) is 0 Å². The zero-order valence-electron chi connectivity index (χ0n) is 18.2. The van der Waals surface area contributed by atoms with Gasteiger partial charge in [0.05, 0.1) is 19.0 Å². The molecule has 3 aromatic carbocycles. The van der Waals surface area contributed by atoms with Gasteiger partial charge in [0.25, 0.3) is 5.91 Å². The Bertz CT molecular complexity index is 1080. The number of nitrogens with one attached hydrogen (secondary N) is 2. The largest absolute Gasteiger partial charge is 0.493 e. The van der Waals surface area contributed by atoms with Gasteiger partial charge in [-0.05, 0) is 68.3 Å². The molecule has 2 N–H and O–H groups in total. The molecular formula is C25H27N3O3. The van der Waals surface area contributed by atoms with E-state index in [1.807, 2.05) is 69.3 Å². The number of methoxy groups -OCH3 is 1. The third-order valence-electron chi connectivity index (χ3n) is 4.66. The first-order valence-electron chi connectivity index (χ1n) is 9.98. The third-order valence-corrected chi connectivity index (χ3v) is 4.66. The van der Waals surface area contributed by atoms with Crippen molar-refractivity contribution in [3.05, 3.63) is 82.9 Å². The van der Waals surface area contributed by atoms with E-state index in [1.165, 1.54) is 5.56 Å². The molecule has 0 saturated carbocycles. The van der Waals surface area contributed by atoms with Crippen LogP contribution < -0.4 is 20.2 Å². The molecule has 0 fully saturated rings. The first kappa shape index (κ1) is 21.9. The Labute approximate surface area is 182 Å². The van der Waals surface area contributed by atoms with Gasteiger partial charge in [-0.1, -0.05) is 35.4 Å². The molecule has 0 saturated heterocycles. The molecule has 0 unspecified atom stereocenters. The fraction of sp³-hybridized carbons (Fsp3) is 0.200. The number of aryl methyl sites for hydroxylation is 3. The maximum absolute atomic E-state index is 12.3. The van der Waals surface area contributed by atoms with Crippen molar-refractivity contribution >= 4 is 23.5 Å². The molecule has 0 aromatic heterocycles. The van der Waals surface area contributed by atoms with Gasteiger partial charge in [0.15, 0.2) is 18.1 Å². The van der Waals surface area contributed by atoms with Crippen molar-refractivity contribution in [3.63, 3.8) is 0 Å². The Morgan fingerprint density at radius 3 is 2.39 bits per heavy atom. The predicted octanol–water partition coefficient (Wildman–Crippen LogP) is 5.08. The van der Waals surface area contributed by atoms with Crippen molar-refractivity contribution in [2.75, 3.05) is 24.5 Å². The molecule has 3 rings (SSSR count). The van der Waals surface area contributed by atoms with Crippen LogP contribution in [0.2, 0.25) is 0 Å². The van der Waals surface area contributed by atoms with Gasteiger partial charge in [0.1, 0.15) is 0 Å². The molecule has 0 heterocycles. The number of carbonyl (C=O) groups is 1. The summed E-state index contributed by atoms with van der Waals surface area (Å²) >= 11 is 0. The number of benzene rings is 3. The lowest BCUT2D eigenvalue weighted by Gasteiger charge is -2.12. The summed E-state index contributed by atoms with van der Waals surface area (Å²) in [6.07, 6.45) is 1.69. The smallest absolute Gasteiger partial charge is 0.262 e. The number of hydrazone groups is 1. The van der Waals surface area contributed by atoms with Gasteiger partial charge in [0, 0.05) is 5.69 Å². The zero-order chi connectivity index (χ0) is 22.2. The fourth-order valence-corrected chi connectivity index (χ4v) is 2.98. The summed E-state index contributed by atoms with van der Waals surface area (Å²) in [4.78, 5) is 12.3. The SMILES string of the molecule is COc1cc(C=NNc2ccc(C)cc2)ccc1OCC(=O)Nc1ccc(C)cc1C. The van der Waals surface area contributed by atoms with Gasteiger partial charge >= 0.3 is 0 Å². The molecule has 6 heteroatoms. The number of amides is 1. The maximum atomic E-state index is 12.3. The van der Waals surface area contributed by atoms with Crippen molar-refractivity contribution < 1.29 is 14.3 Å². The second-order valence-corrected chi connectivity index (χ2v) is 7.30. The molecular weight excluding hydrogens is 390 g/mol. The zero-order valence-corrected chi connectivity index (χ0v) is 18.2. The molecule has 0 radical (unpaired) electrons. The van der Waals surface area contributed by atoms with Gasteiger partial charge in [-0.3, -0.25) is 10.2 Å². The summed E-state index contributed by atoms with van der Waals surface area (Å²) in [6, 6.07) is 19.2. The number of ether oxygens (including phenoxy) is 2. The molecule has 160 valence electrons. The molecule has 0 aliphatic rings. The van der Waals surface area contributed by atoms with Crippen LogP contribution in [0.5, 0.6) is 11.5 Å². The van der Waals surface area contributed by atoms with Gasteiger partial charge in [0.2, 0.25) is 0 Å². The topological polar surface area (TPSA) is 71.9 Å². The summed E-state index contributed by atoms with van der Waals surface area (Å²) in [6.45, 7) is 5.89. The Morgan fingerprint density at radius 2 is 1.68 bits per heavy atom. The van der Waals surface area contributed by atoms with E-state index < -0.39 is 0 Å². The Morgan fingerprint density at radius 1 is 0.935 bits per heavy atom. The van der Waals surface area contributed by atoms with E-state index >= 15 is 0 Å². The summed E-state index contributed by atoms with van der Waals surface area (Å²) in [7, 11) is 1.56. The second-order valence-electron chi connectivity index (χ2n) is 7.30. The normalized spacial score (nSPS) is 10.7. The van der Waals surface area contributed by atoms with Crippen LogP contribution in [0, 0.1) is 20.8 Å². The van der Waals surface area contributed by atoms with E-state index in [9.17, 15) is 4.79 Å². The van der Waals surface area contributed by atoms with Gasteiger partial charge < -0.3 is 14.8 Å². The average molecular weight is 418 g/mol. The third kappa shape index (κ3) is 6.34. The number of hydrogen-bond acceptors (Lipinski definition) is 5. The summed E-state index contributed by atoms with van der Waals surface area (Å²) in [5, 5.41) is 7.12. The number of carbonyl (C=O) groups excluding carboxylic acids is 1. The average Bonchev–Trinajstić information content (AvgIpc) is 2.76. The van der Waals surface area contributed by atoms with Crippen LogP contribution >= 0.6 is 0 Å². The minimum absolute atomic E-state index is 0.119. The number of hydrogen-bond donors (Lipinski definition) is 2. The lowest BCUT2D eigenvalue weighted by atomic mass is 10.1. The van der Waals surface area contributed by atoms with E-state index in [-0.39, 0.29) is 12.5 Å². The minimum Gasteiger partial charge on any atom is -0.493 e. The van der Waals surface area contributed by atoms with Crippen molar-refractivity contribution in [2.24, 2.45) is 5.10 Å². The number of rotatable bonds is 8. The van der Waals surface area contributed by atoms with E-state index in [0.717, 1.165) is 28.1 Å². The molecule has 0 aliphatic carbocycles. The lowest BCUT2D eigenvalue weighted by Crippen LogP contribution is -2.20. The van der Waals surface area contributed by atoms with Gasteiger partial charge in [-0.15, -0.1) is 0 Å².